The third-order valence-corrected chi connectivity index (χ3v) is 4.28. The monoisotopic (exact) mass is 303 g/mol. The van der Waals surface area contributed by atoms with Crippen molar-refractivity contribution in [3.63, 3.8) is 0 Å². The third-order valence-electron chi connectivity index (χ3n) is 3.64. The highest BCUT2D eigenvalue weighted by Crippen LogP contribution is 2.15. The van der Waals surface area contributed by atoms with Crippen LogP contribution in [0.25, 0.3) is 0 Å². The summed E-state index contributed by atoms with van der Waals surface area (Å²) in [6, 6.07) is -1.08. The van der Waals surface area contributed by atoms with E-state index < -0.39 is 12.0 Å². The van der Waals surface area contributed by atoms with Crippen molar-refractivity contribution < 1.29 is 14.7 Å². The SMILES string of the molecule is CSCC[C@H](NC(=O)NC1CCN(C)CC1C)C(=O)O. The molecule has 7 heteroatoms. The van der Waals surface area contributed by atoms with Crippen LogP contribution in [0.4, 0.5) is 4.79 Å². The fourth-order valence-corrected chi connectivity index (χ4v) is 2.90. The highest BCUT2D eigenvalue weighted by atomic mass is 32.2. The molecule has 0 spiro atoms. The van der Waals surface area contributed by atoms with Crippen LogP contribution in [0.2, 0.25) is 0 Å². The van der Waals surface area contributed by atoms with Crippen LogP contribution in [0.1, 0.15) is 19.8 Å². The Morgan fingerprint density at radius 1 is 1.50 bits per heavy atom. The van der Waals surface area contributed by atoms with Gasteiger partial charge in [-0.1, -0.05) is 6.92 Å². The number of nitrogens with one attached hydrogen (secondary N) is 2. The summed E-state index contributed by atoms with van der Waals surface area (Å²) >= 11 is 1.57. The zero-order valence-corrected chi connectivity index (χ0v) is 13.2. The number of hydrogen-bond donors (Lipinski definition) is 3. The molecule has 0 saturated carbocycles. The van der Waals surface area contributed by atoms with Gasteiger partial charge in [-0.2, -0.15) is 11.8 Å². The molecule has 1 aliphatic rings. The topological polar surface area (TPSA) is 81.7 Å². The highest BCUT2D eigenvalue weighted by Gasteiger charge is 2.27. The largest absolute Gasteiger partial charge is 0.480 e. The number of nitrogens with zero attached hydrogens (tertiary/aromatic N) is 1. The number of carbonyl (C=O) groups excluding carboxylic acids is 1. The molecule has 6 nitrogen and oxygen atoms in total. The van der Waals surface area contributed by atoms with Crippen molar-refractivity contribution in [2.75, 3.05) is 32.1 Å². The number of likely N-dealkylation sites (tertiary alicyclic amines) is 1. The van der Waals surface area contributed by atoms with Crippen molar-refractivity contribution in [3.8, 4) is 0 Å². The molecule has 1 fully saturated rings. The zero-order chi connectivity index (χ0) is 15.1. The number of amides is 2. The van der Waals surface area contributed by atoms with Gasteiger partial charge >= 0.3 is 12.0 Å². The Hall–Kier alpha value is -0.950. The number of carboxylic acids is 1. The molecule has 1 aliphatic heterocycles. The van der Waals surface area contributed by atoms with Crippen molar-refractivity contribution in [1.29, 1.82) is 0 Å². The van der Waals surface area contributed by atoms with Gasteiger partial charge in [-0.15, -0.1) is 0 Å². The summed E-state index contributed by atoms with van der Waals surface area (Å²) in [4.78, 5) is 25.2. The zero-order valence-electron chi connectivity index (χ0n) is 12.4. The molecular formula is C13H25N3O3S. The smallest absolute Gasteiger partial charge is 0.326 e. The molecule has 2 amide bonds. The van der Waals surface area contributed by atoms with Crippen LogP contribution in [0.5, 0.6) is 0 Å². The van der Waals surface area contributed by atoms with Crippen molar-refractivity contribution >= 4 is 23.8 Å². The summed E-state index contributed by atoms with van der Waals surface area (Å²) in [6.45, 7) is 3.99. The molecule has 1 saturated heterocycles. The number of aliphatic carboxylic acids is 1. The highest BCUT2D eigenvalue weighted by molar-refractivity contribution is 7.98. The van der Waals surface area contributed by atoms with Crippen LogP contribution < -0.4 is 10.6 Å². The second-order valence-electron chi connectivity index (χ2n) is 5.42. The normalized spacial score (nSPS) is 24.9. The first-order valence-electron chi connectivity index (χ1n) is 6.91. The quantitative estimate of drug-likeness (QED) is 0.677. The standard InChI is InChI=1S/C13H25N3O3S/c1-9-8-16(2)6-4-10(9)14-13(19)15-11(12(17)18)5-7-20-3/h9-11H,4-8H2,1-3H3,(H,17,18)(H2,14,15,19)/t9?,10?,11-/m0/s1. The van der Waals surface area contributed by atoms with Gasteiger partial charge in [0.1, 0.15) is 6.04 Å². The summed E-state index contributed by atoms with van der Waals surface area (Å²) < 4.78 is 0. The molecule has 0 radical (unpaired) electrons. The lowest BCUT2D eigenvalue weighted by atomic mass is 9.94. The molecule has 2 unspecified atom stereocenters. The van der Waals surface area contributed by atoms with E-state index in [9.17, 15) is 9.59 Å². The second kappa shape index (κ2) is 8.36. The first-order valence-corrected chi connectivity index (χ1v) is 8.30. The summed E-state index contributed by atoms with van der Waals surface area (Å²) in [5, 5.41) is 14.5. The number of carboxylic acid groups (broad SMARTS) is 1. The minimum atomic E-state index is -0.981. The van der Waals surface area contributed by atoms with Gasteiger partial charge in [0.25, 0.3) is 0 Å². The lowest BCUT2D eigenvalue weighted by Crippen LogP contribution is -2.54. The Bertz CT molecular complexity index is 341. The summed E-state index contributed by atoms with van der Waals surface area (Å²) in [7, 11) is 2.07. The van der Waals surface area contributed by atoms with E-state index in [1.54, 1.807) is 11.8 Å². The van der Waals surface area contributed by atoms with E-state index in [1.807, 2.05) is 6.26 Å². The van der Waals surface area contributed by atoms with Gasteiger partial charge in [-0.3, -0.25) is 0 Å². The predicted molar refractivity (Wildman–Crippen MR) is 81.2 cm³/mol. The summed E-state index contributed by atoms with van der Waals surface area (Å²) in [6.07, 6.45) is 3.25. The number of piperidine rings is 1. The molecule has 1 rings (SSSR count). The molecule has 0 aromatic carbocycles. The van der Waals surface area contributed by atoms with Gasteiger partial charge in [-0.05, 0) is 44.4 Å². The van der Waals surface area contributed by atoms with Gasteiger partial charge in [0, 0.05) is 12.6 Å². The fourth-order valence-electron chi connectivity index (χ4n) is 2.43. The van der Waals surface area contributed by atoms with Gasteiger partial charge in [0.2, 0.25) is 0 Å². The van der Waals surface area contributed by atoms with Gasteiger partial charge in [0.05, 0.1) is 0 Å². The predicted octanol–water partition coefficient (Wildman–Crippen LogP) is 0.832. The van der Waals surface area contributed by atoms with E-state index in [1.165, 1.54) is 0 Å². The minimum absolute atomic E-state index is 0.112. The van der Waals surface area contributed by atoms with Gasteiger partial charge < -0.3 is 20.6 Å². The number of urea groups is 1. The van der Waals surface area contributed by atoms with E-state index in [0.29, 0.717) is 18.1 Å². The lowest BCUT2D eigenvalue weighted by Gasteiger charge is -2.35. The molecule has 0 aromatic heterocycles. The first-order chi connectivity index (χ1) is 9.43. The fraction of sp³-hybridized carbons (Fsp3) is 0.846. The van der Waals surface area contributed by atoms with Crippen molar-refractivity contribution in [2.24, 2.45) is 5.92 Å². The maximum Gasteiger partial charge on any atom is 0.326 e. The third kappa shape index (κ3) is 5.58. The Balaban J connectivity index is 2.43. The number of rotatable bonds is 6. The first kappa shape index (κ1) is 17.1. The minimum Gasteiger partial charge on any atom is -0.480 e. The number of carbonyl (C=O) groups is 2. The van der Waals surface area contributed by atoms with Crippen molar-refractivity contribution in [2.45, 2.75) is 31.8 Å². The van der Waals surface area contributed by atoms with E-state index in [-0.39, 0.29) is 12.1 Å². The molecule has 20 heavy (non-hydrogen) atoms. The maximum absolute atomic E-state index is 11.9. The van der Waals surface area contributed by atoms with Crippen LogP contribution in [0, 0.1) is 5.92 Å². The average molecular weight is 303 g/mol. The molecule has 0 aromatic rings. The average Bonchev–Trinajstić information content (AvgIpc) is 2.37. The molecular weight excluding hydrogens is 278 g/mol. The molecule has 0 aliphatic carbocycles. The van der Waals surface area contributed by atoms with E-state index in [2.05, 4.69) is 29.5 Å². The number of hydrogen-bond acceptors (Lipinski definition) is 4. The Morgan fingerprint density at radius 3 is 2.75 bits per heavy atom. The Morgan fingerprint density at radius 2 is 2.20 bits per heavy atom. The van der Waals surface area contributed by atoms with Crippen LogP contribution >= 0.6 is 11.8 Å². The van der Waals surface area contributed by atoms with Gasteiger partial charge in [-0.25, -0.2) is 9.59 Å². The van der Waals surface area contributed by atoms with E-state index in [0.717, 1.165) is 19.5 Å². The molecule has 3 atom stereocenters. The molecule has 3 N–H and O–H groups in total. The summed E-state index contributed by atoms with van der Waals surface area (Å²) in [5.41, 5.74) is 0. The van der Waals surface area contributed by atoms with E-state index >= 15 is 0 Å². The Kier molecular flexibility index (Phi) is 7.15. The van der Waals surface area contributed by atoms with Crippen LogP contribution in [-0.2, 0) is 4.79 Å². The van der Waals surface area contributed by atoms with E-state index in [4.69, 9.17) is 5.11 Å². The van der Waals surface area contributed by atoms with Crippen LogP contribution in [0.15, 0.2) is 0 Å². The Labute approximate surface area is 124 Å². The van der Waals surface area contributed by atoms with Gasteiger partial charge in [0.15, 0.2) is 0 Å². The number of thioether (sulfide) groups is 1. The maximum atomic E-state index is 11.9. The second-order valence-corrected chi connectivity index (χ2v) is 6.41. The van der Waals surface area contributed by atoms with Crippen LogP contribution in [-0.4, -0.2) is 66.2 Å². The molecule has 1 heterocycles. The summed E-state index contributed by atoms with van der Waals surface area (Å²) in [5.74, 6) is 0.0987. The molecule has 0 bridgehead atoms. The van der Waals surface area contributed by atoms with Crippen LogP contribution in [0.3, 0.4) is 0 Å². The molecule has 116 valence electrons. The van der Waals surface area contributed by atoms with Crippen molar-refractivity contribution in [3.05, 3.63) is 0 Å². The lowest BCUT2D eigenvalue weighted by molar-refractivity contribution is -0.139. The van der Waals surface area contributed by atoms with Crippen molar-refractivity contribution in [1.82, 2.24) is 15.5 Å².